The van der Waals surface area contributed by atoms with Crippen molar-refractivity contribution in [2.75, 3.05) is 0 Å². The molecule has 0 N–H and O–H groups in total. The number of benzene rings is 7. The van der Waals surface area contributed by atoms with Crippen LogP contribution in [0.4, 0.5) is 0 Å². The van der Waals surface area contributed by atoms with Crippen LogP contribution in [0, 0.1) is 0 Å². The highest BCUT2D eigenvalue weighted by Crippen LogP contribution is 2.43. The van der Waals surface area contributed by atoms with Gasteiger partial charge in [0.1, 0.15) is 6.33 Å². The van der Waals surface area contributed by atoms with Gasteiger partial charge in [0.2, 0.25) is 0 Å². The van der Waals surface area contributed by atoms with Crippen molar-refractivity contribution >= 4 is 63.1 Å². The molecule has 0 bridgehead atoms. The highest BCUT2D eigenvalue weighted by molar-refractivity contribution is 7.26. The van der Waals surface area contributed by atoms with Crippen LogP contribution < -0.4 is 0 Å². The minimum absolute atomic E-state index is 0.0266. The summed E-state index contributed by atoms with van der Waals surface area (Å²) in [5.74, 6) is 0. The van der Waals surface area contributed by atoms with E-state index in [-0.39, 0.29) is 65.2 Å². The van der Waals surface area contributed by atoms with Gasteiger partial charge in [0.15, 0.2) is 0 Å². The first kappa shape index (κ1) is 14.1. The first-order valence-electron chi connectivity index (χ1n) is 26.3. The molecule has 0 radical (unpaired) electrons. The lowest BCUT2D eigenvalue weighted by atomic mass is 9.93. The summed E-state index contributed by atoms with van der Waals surface area (Å²) in [4.78, 5) is 9.02. The second-order valence-corrected chi connectivity index (χ2v) is 12.9. The second kappa shape index (κ2) is 11.9. The van der Waals surface area contributed by atoms with Gasteiger partial charge in [-0.1, -0.05) is 121 Å². The molecule has 0 aliphatic rings. The topological polar surface area (TPSA) is 25.8 Å². The zero-order valence-electron chi connectivity index (χ0n) is 48.1. The molecule has 10 aromatic rings. The number of aromatic nitrogens is 2. The molecule has 3 heterocycles. The molecule has 7 aromatic carbocycles. The second-order valence-electron chi connectivity index (χ2n) is 10.8. The molecule has 4 heteroatoms. The van der Waals surface area contributed by atoms with Gasteiger partial charge in [0, 0.05) is 35.8 Å². The third kappa shape index (κ3) is 4.92. The molecule has 0 saturated carbocycles. The summed E-state index contributed by atoms with van der Waals surface area (Å²) in [5.41, 5.74) is -2.90. The molecule has 0 fully saturated rings. The Morgan fingerprint density at radius 3 is 1.86 bits per heavy atom. The van der Waals surface area contributed by atoms with Gasteiger partial charge in [-0.05, 0) is 86.9 Å². The van der Waals surface area contributed by atoms with Crippen LogP contribution in [-0.4, -0.2) is 9.97 Å². The first-order valence-corrected chi connectivity index (χ1v) is 16.5. The summed E-state index contributed by atoms with van der Waals surface area (Å²) in [7, 11) is 0. The van der Waals surface area contributed by atoms with E-state index in [1.807, 2.05) is 0 Å². The van der Waals surface area contributed by atoms with Crippen LogP contribution in [-0.2, 0) is 0 Å². The Morgan fingerprint density at radius 2 is 1.08 bits per heavy atom. The van der Waals surface area contributed by atoms with Gasteiger partial charge in [-0.25, -0.2) is 9.97 Å². The molecule has 2 nitrogen and oxygen atoms in total. The highest BCUT2D eigenvalue weighted by Gasteiger charge is 2.16. The molecule has 0 unspecified atom stereocenters. The highest BCUT2D eigenvalue weighted by atomic mass is 32.1. The van der Waals surface area contributed by atoms with Crippen LogP contribution >= 0.6 is 22.7 Å². The van der Waals surface area contributed by atoms with Gasteiger partial charge >= 0.3 is 0 Å². The van der Waals surface area contributed by atoms with E-state index in [0.717, 1.165) is 35.1 Å². The van der Waals surface area contributed by atoms with Gasteiger partial charge in [0.05, 0.1) is 47.4 Å². The molecule has 0 aliphatic heterocycles. The molecule has 10 rings (SSSR count). The van der Waals surface area contributed by atoms with Crippen molar-refractivity contribution in [3.63, 3.8) is 0 Å². The summed E-state index contributed by atoms with van der Waals surface area (Å²) in [6.07, 6.45) is 1.15. The van der Waals surface area contributed by atoms with Crippen molar-refractivity contribution in [1.29, 1.82) is 0 Å². The molecule has 50 heavy (non-hydrogen) atoms. The van der Waals surface area contributed by atoms with Crippen LogP contribution in [0.2, 0.25) is 0 Å². The lowest BCUT2D eigenvalue weighted by Crippen LogP contribution is -1.88. The fourth-order valence-electron chi connectivity index (χ4n) is 5.67. The number of fused-ring (bicyclic) bond motifs is 6. The number of rotatable bonds is 5. The van der Waals surface area contributed by atoms with Gasteiger partial charge in [-0.15, -0.1) is 22.7 Å². The predicted molar refractivity (Wildman–Crippen MR) is 215 cm³/mol. The van der Waals surface area contributed by atoms with E-state index in [0.29, 0.717) is 14.8 Å². The molecule has 3 aromatic heterocycles. The van der Waals surface area contributed by atoms with Crippen molar-refractivity contribution in [3.8, 4) is 55.8 Å². The molecule has 0 atom stereocenters. The van der Waals surface area contributed by atoms with E-state index in [1.165, 1.54) is 12.1 Å². The number of nitrogens with zero attached hydrogens (tertiary/aromatic N) is 2. The number of hydrogen-bond acceptors (Lipinski definition) is 4. The van der Waals surface area contributed by atoms with Crippen LogP contribution in [0.1, 0.15) is 31.5 Å². The zero-order valence-corrected chi connectivity index (χ0v) is 26.7. The van der Waals surface area contributed by atoms with E-state index in [1.54, 1.807) is 6.07 Å². The van der Waals surface area contributed by atoms with Gasteiger partial charge < -0.3 is 0 Å². The maximum atomic E-state index is 9.63. The minimum atomic E-state index is -0.808. The van der Waals surface area contributed by atoms with E-state index in [2.05, 4.69) is 9.97 Å². The minimum Gasteiger partial charge on any atom is -0.235 e. The maximum absolute atomic E-state index is 9.63. The Morgan fingerprint density at radius 1 is 0.440 bits per heavy atom. The van der Waals surface area contributed by atoms with Crippen LogP contribution in [0.15, 0.2) is 170 Å². The molecular formula is C46H28N2S2. The van der Waals surface area contributed by atoms with Gasteiger partial charge in [0.25, 0.3) is 0 Å². The van der Waals surface area contributed by atoms with Crippen LogP contribution in [0.5, 0.6) is 0 Å². The molecular weight excluding hydrogens is 645 g/mol. The fourth-order valence-corrected chi connectivity index (χ4v) is 7.87. The molecule has 234 valence electrons. The van der Waals surface area contributed by atoms with E-state index >= 15 is 0 Å². The molecule has 0 spiro atoms. The Bertz CT molecular complexity index is 4050. The monoisotopic (exact) mass is 695 g/mol. The van der Waals surface area contributed by atoms with Crippen molar-refractivity contribution in [1.82, 2.24) is 9.97 Å². The average molecular weight is 696 g/mol. The standard InChI is InChI=1S/C46H28N2S2/c1-3-11-29(12-4-1)34-24-35(30-13-5-2-6-14-30)26-36(25-34)31-21-22-42-40(27-31)44-46(50-42)43(47-28-48-44)33-16-9-15-32(23-33)37-18-10-19-39-38-17-7-8-20-41(38)49-45(37)39/h1-28H/i1D,2D,3D,4D,5D,6D,7D,8D,10D,11D,12D,13D,14D,15D,16D,17D,18D,19D,20D,23D,24D,25D,26D. The predicted octanol–water partition coefficient (Wildman–Crippen LogP) is 13.5. The van der Waals surface area contributed by atoms with Crippen molar-refractivity contribution < 1.29 is 31.5 Å². The summed E-state index contributed by atoms with van der Waals surface area (Å²) in [5, 5.41) is 0.238. The smallest absolute Gasteiger partial charge is 0.116 e. The van der Waals surface area contributed by atoms with E-state index < -0.39 is 155 Å². The lowest BCUT2D eigenvalue weighted by molar-refractivity contribution is 1.24. The number of hydrogen-bond donors (Lipinski definition) is 0. The number of thiophene rings is 2. The Balaban J connectivity index is 1.24. The molecule has 0 saturated heterocycles. The Labute approximate surface area is 329 Å². The van der Waals surface area contributed by atoms with Crippen molar-refractivity contribution in [2.45, 2.75) is 0 Å². The Hall–Kier alpha value is -5.94. The quantitative estimate of drug-likeness (QED) is 0.179. The SMILES string of the molecule is [2H]c1cc([2H])c(-c2c([2H])c([2H])c([2H])c3c2sc2c([2H])c([2H])c([2H])c([2H])c23)c([2H])c1-c1ncnc2c1sc1ccc(-c3c([2H])c(-c4c([2H])c([2H])c([2H])c([2H])c4[2H])c([2H])c(-c4c([2H])c([2H])c([2H])c([2H])c4[2H])c3[2H])cc12. The van der Waals surface area contributed by atoms with Crippen molar-refractivity contribution in [2.24, 2.45) is 0 Å². The third-order valence-corrected chi connectivity index (χ3v) is 10.2. The Kier molecular flexibility index (Phi) is 3.36. The van der Waals surface area contributed by atoms with Gasteiger partial charge in [-0.3, -0.25) is 0 Å². The van der Waals surface area contributed by atoms with Crippen LogP contribution in [0.25, 0.3) is 96.2 Å². The van der Waals surface area contributed by atoms with Crippen molar-refractivity contribution in [3.05, 3.63) is 170 Å². The fraction of sp³-hybridized carbons (Fsp3) is 0. The van der Waals surface area contributed by atoms with E-state index in [4.69, 9.17) is 26.0 Å². The average Bonchev–Trinajstić information content (AvgIpc) is 3.95. The largest absolute Gasteiger partial charge is 0.235 e. The maximum Gasteiger partial charge on any atom is 0.116 e. The summed E-state index contributed by atoms with van der Waals surface area (Å²) >= 11 is 1.94. The third-order valence-electron chi connectivity index (χ3n) is 7.90. The lowest BCUT2D eigenvalue weighted by Gasteiger charge is -2.11. The summed E-state index contributed by atoms with van der Waals surface area (Å²) in [6.45, 7) is 0. The first-order chi connectivity index (χ1) is 34.3. The van der Waals surface area contributed by atoms with Gasteiger partial charge in [-0.2, -0.15) is 0 Å². The molecule has 0 aliphatic carbocycles. The molecule has 0 amide bonds. The normalized spacial score (nSPS) is 18.0. The zero-order chi connectivity index (χ0) is 53.0. The summed E-state index contributed by atoms with van der Waals surface area (Å²) < 4.78 is 203. The van der Waals surface area contributed by atoms with Crippen LogP contribution in [0.3, 0.4) is 0 Å². The van der Waals surface area contributed by atoms with E-state index in [9.17, 15) is 5.48 Å². The summed E-state index contributed by atoms with van der Waals surface area (Å²) in [6, 6.07) is -9.25.